The van der Waals surface area contributed by atoms with Crippen LogP contribution >= 0.6 is 15.9 Å². The Kier molecular flexibility index (Phi) is 4.01. The molecule has 2 rings (SSSR count). The molecule has 0 spiro atoms. The topological polar surface area (TPSA) is 66.4 Å². The molecule has 0 aliphatic carbocycles. The number of nitrogens with one attached hydrogen (secondary N) is 1. The lowest BCUT2D eigenvalue weighted by Gasteiger charge is -2.10. The number of phenolic OH excluding ortho intramolecular Hbond substituents is 1. The van der Waals surface area contributed by atoms with Gasteiger partial charge in [0.2, 0.25) is 0 Å². The van der Waals surface area contributed by atoms with Crippen molar-refractivity contribution in [1.82, 2.24) is 0 Å². The second kappa shape index (κ2) is 5.41. The first-order chi connectivity index (χ1) is 9.29. The van der Waals surface area contributed by atoms with Crippen molar-refractivity contribution in [3.8, 4) is 5.75 Å². The Balaban J connectivity index is 2.38. The number of aromatic hydroxyl groups is 1. The van der Waals surface area contributed by atoms with Gasteiger partial charge in [0.15, 0.2) is 0 Å². The molecule has 20 heavy (non-hydrogen) atoms. The summed E-state index contributed by atoms with van der Waals surface area (Å²) >= 11 is 3.02. The average Bonchev–Trinajstić information content (AvgIpc) is 2.33. The van der Waals surface area contributed by atoms with Gasteiger partial charge >= 0.3 is 0 Å². The van der Waals surface area contributed by atoms with Gasteiger partial charge < -0.3 is 5.11 Å². The molecule has 0 saturated carbocycles. The van der Waals surface area contributed by atoms with Crippen molar-refractivity contribution in [2.75, 3.05) is 4.72 Å². The average molecular weight is 360 g/mol. The molecule has 2 aromatic rings. The van der Waals surface area contributed by atoms with E-state index in [1.165, 1.54) is 24.3 Å². The van der Waals surface area contributed by atoms with Crippen LogP contribution in [0.25, 0.3) is 0 Å². The highest BCUT2D eigenvalue weighted by molar-refractivity contribution is 9.10. The maximum absolute atomic E-state index is 13.0. The maximum atomic E-state index is 13.0. The van der Waals surface area contributed by atoms with Crippen LogP contribution in [0.15, 0.2) is 45.8 Å². The molecule has 2 N–H and O–H groups in total. The lowest BCUT2D eigenvalue weighted by molar-refractivity contribution is 0.471. The molecule has 0 bridgehead atoms. The number of hydrogen-bond acceptors (Lipinski definition) is 3. The lowest BCUT2D eigenvalue weighted by atomic mass is 10.2. The van der Waals surface area contributed by atoms with Crippen LogP contribution in [0.4, 0.5) is 10.1 Å². The largest absolute Gasteiger partial charge is 0.508 e. The maximum Gasteiger partial charge on any atom is 0.263 e. The Labute approximate surface area is 124 Å². The number of hydrogen-bond donors (Lipinski definition) is 2. The van der Waals surface area contributed by atoms with Gasteiger partial charge in [-0.1, -0.05) is 0 Å². The summed E-state index contributed by atoms with van der Waals surface area (Å²) < 4.78 is 39.9. The molecule has 0 amide bonds. The van der Waals surface area contributed by atoms with E-state index in [0.717, 1.165) is 12.1 Å². The molecule has 0 unspecified atom stereocenters. The van der Waals surface area contributed by atoms with Gasteiger partial charge in [-0.3, -0.25) is 4.72 Å². The summed E-state index contributed by atoms with van der Waals surface area (Å²) in [6.07, 6.45) is 0. The second-order valence-electron chi connectivity index (χ2n) is 4.18. The van der Waals surface area contributed by atoms with E-state index in [9.17, 15) is 17.9 Å². The summed E-state index contributed by atoms with van der Waals surface area (Å²) in [6, 6.07) is 7.67. The van der Waals surface area contributed by atoms with Crippen molar-refractivity contribution in [2.24, 2.45) is 0 Å². The summed E-state index contributed by atoms with van der Waals surface area (Å²) in [5, 5.41) is 9.41. The zero-order valence-electron chi connectivity index (χ0n) is 10.4. The first-order valence-electron chi connectivity index (χ1n) is 5.57. The summed E-state index contributed by atoms with van der Waals surface area (Å²) in [4.78, 5) is -0.0652. The molecule has 0 radical (unpaired) electrons. The summed E-state index contributed by atoms with van der Waals surface area (Å²) in [5.74, 6) is -0.452. The van der Waals surface area contributed by atoms with Crippen molar-refractivity contribution < 1.29 is 17.9 Å². The number of anilines is 1. The summed E-state index contributed by atoms with van der Waals surface area (Å²) in [6.45, 7) is 1.65. The molecule has 0 atom stereocenters. The van der Waals surface area contributed by atoms with Crippen LogP contribution in [0.5, 0.6) is 5.75 Å². The Morgan fingerprint density at radius 2 is 1.90 bits per heavy atom. The zero-order valence-corrected chi connectivity index (χ0v) is 12.8. The second-order valence-corrected chi connectivity index (χ2v) is 6.69. The van der Waals surface area contributed by atoms with E-state index in [-0.39, 0.29) is 15.1 Å². The third-order valence-electron chi connectivity index (χ3n) is 2.63. The van der Waals surface area contributed by atoms with Gasteiger partial charge in [0.25, 0.3) is 10.0 Å². The molecule has 0 aromatic heterocycles. The van der Waals surface area contributed by atoms with Crippen LogP contribution in [0, 0.1) is 12.7 Å². The third kappa shape index (κ3) is 3.10. The van der Waals surface area contributed by atoms with Crippen LogP contribution in [0.1, 0.15) is 5.56 Å². The quantitative estimate of drug-likeness (QED) is 0.825. The molecule has 0 aliphatic heterocycles. The van der Waals surface area contributed by atoms with Crippen molar-refractivity contribution in [3.05, 3.63) is 52.3 Å². The standard InChI is InChI=1S/C13H11BrFNO3S/c1-8-6-10(3-4-12(8)17)16-20(18,19)13-5-2-9(15)7-11(13)14/h2-7,16-17H,1H3. The molecule has 0 saturated heterocycles. The van der Waals surface area contributed by atoms with Crippen molar-refractivity contribution >= 4 is 31.6 Å². The van der Waals surface area contributed by atoms with Crippen LogP contribution in [-0.2, 0) is 10.0 Å². The number of sulfonamides is 1. The molecule has 0 fully saturated rings. The first-order valence-corrected chi connectivity index (χ1v) is 7.85. The molecule has 106 valence electrons. The van der Waals surface area contributed by atoms with Crippen LogP contribution < -0.4 is 4.72 Å². The molecule has 4 nitrogen and oxygen atoms in total. The number of halogens is 2. The highest BCUT2D eigenvalue weighted by Crippen LogP contribution is 2.26. The van der Waals surface area contributed by atoms with E-state index < -0.39 is 15.8 Å². The van der Waals surface area contributed by atoms with Crippen LogP contribution in [0.3, 0.4) is 0 Å². The normalized spacial score (nSPS) is 11.3. The van der Waals surface area contributed by atoms with E-state index in [0.29, 0.717) is 11.3 Å². The number of rotatable bonds is 3. The van der Waals surface area contributed by atoms with Gasteiger partial charge in [0.05, 0.1) is 0 Å². The molecular weight excluding hydrogens is 349 g/mol. The zero-order chi connectivity index (χ0) is 14.9. The number of benzene rings is 2. The first kappa shape index (κ1) is 14.8. The van der Waals surface area contributed by atoms with Gasteiger partial charge in [-0.2, -0.15) is 0 Å². The Bertz CT molecular complexity index is 762. The molecule has 7 heteroatoms. The van der Waals surface area contributed by atoms with Gasteiger partial charge in [-0.05, 0) is 64.8 Å². The fraction of sp³-hybridized carbons (Fsp3) is 0.0769. The van der Waals surface area contributed by atoms with Gasteiger partial charge in [-0.15, -0.1) is 0 Å². The van der Waals surface area contributed by atoms with Crippen molar-refractivity contribution in [2.45, 2.75) is 11.8 Å². The summed E-state index contributed by atoms with van der Waals surface area (Å²) in [5.41, 5.74) is 0.861. The number of phenols is 1. The number of aryl methyl sites for hydroxylation is 1. The smallest absolute Gasteiger partial charge is 0.263 e. The highest BCUT2D eigenvalue weighted by Gasteiger charge is 2.18. The van der Waals surface area contributed by atoms with E-state index in [1.54, 1.807) is 6.92 Å². The Morgan fingerprint density at radius 3 is 2.50 bits per heavy atom. The Morgan fingerprint density at radius 1 is 1.20 bits per heavy atom. The predicted octanol–water partition coefficient (Wildman–Crippen LogP) is 3.40. The minimum Gasteiger partial charge on any atom is -0.508 e. The van der Waals surface area contributed by atoms with Gasteiger partial charge in [-0.25, -0.2) is 12.8 Å². The summed E-state index contributed by atoms with van der Waals surface area (Å²) in [7, 11) is -3.84. The third-order valence-corrected chi connectivity index (χ3v) is 4.99. The van der Waals surface area contributed by atoms with E-state index in [4.69, 9.17) is 0 Å². The minimum absolute atomic E-state index is 0.0652. The van der Waals surface area contributed by atoms with E-state index in [2.05, 4.69) is 20.7 Å². The van der Waals surface area contributed by atoms with Crippen LogP contribution in [0.2, 0.25) is 0 Å². The fourth-order valence-electron chi connectivity index (χ4n) is 1.62. The molecular formula is C13H11BrFNO3S. The monoisotopic (exact) mass is 359 g/mol. The lowest BCUT2D eigenvalue weighted by Crippen LogP contribution is -2.13. The molecule has 0 aliphatic rings. The van der Waals surface area contributed by atoms with Crippen molar-refractivity contribution in [1.29, 1.82) is 0 Å². The van der Waals surface area contributed by atoms with Crippen molar-refractivity contribution in [3.63, 3.8) is 0 Å². The SMILES string of the molecule is Cc1cc(NS(=O)(=O)c2ccc(F)cc2Br)ccc1O. The fourth-order valence-corrected chi connectivity index (χ4v) is 3.72. The predicted molar refractivity (Wildman–Crippen MR) is 77.8 cm³/mol. The van der Waals surface area contributed by atoms with Gasteiger partial charge in [0, 0.05) is 10.2 Å². The Hall–Kier alpha value is -1.60. The van der Waals surface area contributed by atoms with Gasteiger partial charge in [0.1, 0.15) is 16.5 Å². The molecule has 2 aromatic carbocycles. The van der Waals surface area contributed by atoms with E-state index in [1.807, 2.05) is 0 Å². The highest BCUT2D eigenvalue weighted by atomic mass is 79.9. The van der Waals surface area contributed by atoms with E-state index >= 15 is 0 Å². The molecule has 0 heterocycles. The van der Waals surface area contributed by atoms with Crippen LogP contribution in [-0.4, -0.2) is 13.5 Å². The minimum atomic E-state index is -3.84.